The molecule has 5 heteroatoms. The van der Waals surface area contributed by atoms with Crippen LogP contribution in [0.5, 0.6) is 5.75 Å². The molecule has 2 rings (SSSR count). The van der Waals surface area contributed by atoms with Gasteiger partial charge in [0.1, 0.15) is 5.75 Å². The van der Waals surface area contributed by atoms with Crippen LogP contribution < -0.4 is 10.1 Å². The second-order valence-corrected chi connectivity index (χ2v) is 6.21. The largest absolute Gasteiger partial charge is 0.497 e. The van der Waals surface area contributed by atoms with Crippen LogP contribution in [-0.4, -0.2) is 24.1 Å². The lowest BCUT2D eigenvalue weighted by molar-refractivity contribution is -0.143. The lowest BCUT2D eigenvalue weighted by Crippen LogP contribution is -2.35. The number of aliphatic carboxylic acids is 1. The number of carboxylic acids is 1. The monoisotopic (exact) mass is 341 g/mol. The standard InChI is InChI=1S/C20H23NO4/c1-13(2)17(19(22)21-15-7-5-4-6-8-15)18(20(23)24)14-9-11-16(25-3)12-10-14/h4-13,17-18H,1-3H3,(H,21,22)(H,23,24). The molecule has 25 heavy (non-hydrogen) atoms. The Morgan fingerprint density at radius 1 is 1.00 bits per heavy atom. The first-order valence-corrected chi connectivity index (χ1v) is 8.16. The molecule has 0 aliphatic carbocycles. The van der Waals surface area contributed by atoms with Gasteiger partial charge in [0.2, 0.25) is 5.91 Å². The third-order valence-electron chi connectivity index (χ3n) is 4.16. The van der Waals surface area contributed by atoms with Gasteiger partial charge in [-0.25, -0.2) is 0 Å². The summed E-state index contributed by atoms with van der Waals surface area (Å²) < 4.78 is 5.12. The molecular weight excluding hydrogens is 318 g/mol. The predicted octanol–water partition coefficient (Wildman–Crippen LogP) is 3.77. The van der Waals surface area contributed by atoms with Crippen molar-refractivity contribution >= 4 is 17.6 Å². The minimum Gasteiger partial charge on any atom is -0.497 e. The van der Waals surface area contributed by atoms with Crippen molar-refractivity contribution < 1.29 is 19.4 Å². The molecule has 2 atom stereocenters. The minimum atomic E-state index is -1.02. The zero-order valence-corrected chi connectivity index (χ0v) is 14.6. The SMILES string of the molecule is COc1ccc(C(C(=O)O)C(C(=O)Nc2ccccc2)C(C)C)cc1. The molecule has 2 aromatic rings. The van der Waals surface area contributed by atoms with Crippen molar-refractivity contribution in [2.75, 3.05) is 12.4 Å². The molecule has 0 aliphatic heterocycles. The van der Waals surface area contributed by atoms with Crippen molar-refractivity contribution in [3.8, 4) is 5.75 Å². The Labute approximate surface area is 147 Å². The maximum absolute atomic E-state index is 12.8. The summed E-state index contributed by atoms with van der Waals surface area (Å²) in [5.74, 6) is -2.47. The molecule has 0 saturated carbocycles. The second-order valence-electron chi connectivity index (χ2n) is 6.21. The van der Waals surface area contributed by atoms with Gasteiger partial charge in [-0.15, -0.1) is 0 Å². The summed E-state index contributed by atoms with van der Waals surface area (Å²) in [5, 5.41) is 12.6. The predicted molar refractivity (Wildman–Crippen MR) is 96.8 cm³/mol. The van der Waals surface area contributed by atoms with Gasteiger partial charge in [0, 0.05) is 5.69 Å². The topological polar surface area (TPSA) is 75.6 Å². The van der Waals surface area contributed by atoms with Crippen molar-refractivity contribution in [1.82, 2.24) is 0 Å². The van der Waals surface area contributed by atoms with Crippen LogP contribution in [0.3, 0.4) is 0 Å². The highest BCUT2D eigenvalue weighted by Crippen LogP contribution is 2.33. The van der Waals surface area contributed by atoms with E-state index in [2.05, 4.69) is 5.32 Å². The number of amides is 1. The van der Waals surface area contributed by atoms with Gasteiger partial charge < -0.3 is 15.2 Å². The van der Waals surface area contributed by atoms with Crippen molar-refractivity contribution in [3.63, 3.8) is 0 Å². The number of ether oxygens (including phenoxy) is 1. The van der Waals surface area contributed by atoms with Crippen LogP contribution in [0.25, 0.3) is 0 Å². The molecule has 2 N–H and O–H groups in total. The van der Waals surface area contributed by atoms with Gasteiger partial charge >= 0.3 is 5.97 Å². The molecule has 2 aromatic carbocycles. The van der Waals surface area contributed by atoms with E-state index in [0.717, 1.165) is 0 Å². The first-order chi connectivity index (χ1) is 11.9. The third kappa shape index (κ3) is 4.59. The Morgan fingerprint density at radius 2 is 1.60 bits per heavy atom. The number of hydrogen-bond acceptors (Lipinski definition) is 3. The molecule has 0 saturated heterocycles. The maximum Gasteiger partial charge on any atom is 0.311 e. The molecule has 0 spiro atoms. The fraction of sp³-hybridized carbons (Fsp3) is 0.300. The number of hydrogen-bond donors (Lipinski definition) is 2. The Kier molecular flexibility index (Phi) is 6.17. The number of para-hydroxylation sites is 1. The van der Waals surface area contributed by atoms with Crippen LogP contribution in [0.4, 0.5) is 5.69 Å². The Balaban J connectivity index is 2.32. The van der Waals surface area contributed by atoms with Crippen LogP contribution in [0.15, 0.2) is 54.6 Å². The molecule has 0 aromatic heterocycles. The second kappa shape index (κ2) is 8.33. The van der Waals surface area contributed by atoms with Crippen molar-refractivity contribution in [2.45, 2.75) is 19.8 Å². The van der Waals surface area contributed by atoms with Gasteiger partial charge in [-0.05, 0) is 35.7 Å². The van der Waals surface area contributed by atoms with E-state index in [0.29, 0.717) is 17.0 Å². The Bertz CT molecular complexity index is 710. The van der Waals surface area contributed by atoms with E-state index in [9.17, 15) is 14.7 Å². The summed E-state index contributed by atoms with van der Waals surface area (Å²) in [5.41, 5.74) is 1.23. The highest BCUT2D eigenvalue weighted by atomic mass is 16.5. The molecule has 0 radical (unpaired) electrons. The van der Waals surface area contributed by atoms with Gasteiger partial charge in [-0.2, -0.15) is 0 Å². The van der Waals surface area contributed by atoms with Crippen LogP contribution in [0.1, 0.15) is 25.3 Å². The number of carboxylic acid groups (broad SMARTS) is 1. The van der Waals surface area contributed by atoms with Crippen molar-refractivity contribution in [2.24, 2.45) is 11.8 Å². The third-order valence-corrected chi connectivity index (χ3v) is 4.16. The van der Waals surface area contributed by atoms with Crippen LogP contribution in [0, 0.1) is 11.8 Å². The first-order valence-electron chi connectivity index (χ1n) is 8.16. The normalized spacial score (nSPS) is 13.1. The van der Waals surface area contributed by atoms with E-state index in [1.807, 2.05) is 32.0 Å². The lowest BCUT2D eigenvalue weighted by atomic mass is 9.78. The minimum absolute atomic E-state index is 0.146. The summed E-state index contributed by atoms with van der Waals surface area (Å²) in [7, 11) is 1.55. The lowest BCUT2D eigenvalue weighted by Gasteiger charge is -2.27. The van der Waals surface area contributed by atoms with Gasteiger partial charge in [0.05, 0.1) is 18.9 Å². The molecule has 5 nitrogen and oxygen atoms in total. The molecule has 1 amide bonds. The smallest absolute Gasteiger partial charge is 0.311 e. The maximum atomic E-state index is 12.8. The number of anilines is 1. The summed E-state index contributed by atoms with van der Waals surface area (Å²) in [4.78, 5) is 24.7. The summed E-state index contributed by atoms with van der Waals surface area (Å²) in [6.07, 6.45) is 0. The highest BCUT2D eigenvalue weighted by molar-refractivity contribution is 5.96. The summed E-state index contributed by atoms with van der Waals surface area (Å²) in [6.45, 7) is 3.71. The van der Waals surface area contributed by atoms with E-state index < -0.39 is 17.8 Å². The van der Waals surface area contributed by atoms with Crippen LogP contribution in [-0.2, 0) is 9.59 Å². The Hall–Kier alpha value is -2.82. The van der Waals surface area contributed by atoms with Crippen molar-refractivity contribution in [1.29, 1.82) is 0 Å². The average molecular weight is 341 g/mol. The van der Waals surface area contributed by atoms with E-state index in [-0.39, 0.29) is 11.8 Å². The molecule has 0 heterocycles. The van der Waals surface area contributed by atoms with E-state index in [1.165, 1.54) is 0 Å². The number of rotatable bonds is 7. The fourth-order valence-corrected chi connectivity index (χ4v) is 2.90. The molecule has 2 unspecified atom stereocenters. The molecule has 132 valence electrons. The Morgan fingerprint density at radius 3 is 2.08 bits per heavy atom. The summed E-state index contributed by atoms with van der Waals surface area (Å²) >= 11 is 0. The van der Waals surface area contributed by atoms with Crippen molar-refractivity contribution in [3.05, 3.63) is 60.2 Å². The van der Waals surface area contributed by atoms with Crippen LogP contribution >= 0.6 is 0 Å². The van der Waals surface area contributed by atoms with E-state index >= 15 is 0 Å². The quantitative estimate of drug-likeness (QED) is 0.804. The summed E-state index contributed by atoms with van der Waals surface area (Å²) in [6, 6.07) is 15.8. The van der Waals surface area contributed by atoms with Gasteiger partial charge in [-0.3, -0.25) is 9.59 Å². The van der Waals surface area contributed by atoms with E-state index in [1.54, 1.807) is 43.5 Å². The van der Waals surface area contributed by atoms with Gasteiger partial charge in [0.15, 0.2) is 0 Å². The number of carbonyl (C=O) groups is 2. The zero-order valence-electron chi connectivity index (χ0n) is 14.6. The fourth-order valence-electron chi connectivity index (χ4n) is 2.90. The zero-order chi connectivity index (χ0) is 18.4. The number of carbonyl (C=O) groups excluding carboxylic acids is 1. The molecule has 0 bridgehead atoms. The molecular formula is C20H23NO4. The average Bonchev–Trinajstić information content (AvgIpc) is 2.59. The highest BCUT2D eigenvalue weighted by Gasteiger charge is 2.37. The number of benzene rings is 2. The molecule has 0 aliphatic rings. The van der Waals surface area contributed by atoms with Gasteiger partial charge in [-0.1, -0.05) is 44.2 Å². The number of nitrogens with one attached hydrogen (secondary N) is 1. The molecule has 0 fully saturated rings. The van der Waals surface area contributed by atoms with Crippen LogP contribution in [0.2, 0.25) is 0 Å². The van der Waals surface area contributed by atoms with Gasteiger partial charge in [0.25, 0.3) is 0 Å². The first kappa shape index (κ1) is 18.5. The van der Waals surface area contributed by atoms with E-state index in [4.69, 9.17) is 4.74 Å². The number of methoxy groups -OCH3 is 1.